The second-order valence-corrected chi connectivity index (χ2v) is 5.79. The van der Waals surface area contributed by atoms with E-state index in [-0.39, 0.29) is 11.8 Å². The molecule has 0 aromatic rings. The van der Waals surface area contributed by atoms with Crippen molar-refractivity contribution in [2.45, 2.75) is 63.5 Å². The zero-order valence-electron chi connectivity index (χ0n) is 10.3. The topological polar surface area (TPSA) is 37.3 Å². The number of unbranched alkanes of at least 4 members (excludes halogenated alkanes) is 4. The first kappa shape index (κ1) is 12.6. The summed E-state index contributed by atoms with van der Waals surface area (Å²) in [6.07, 6.45) is 12.0. The Morgan fingerprint density at radius 3 is 2.41 bits per heavy atom. The molecular weight excluding hydrogens is 219 g/mol. The molecule has 0 atom stereocenters. The second-order valence-electron chi connectivity index (χ2n) is 5.79. The molecule has 0 aromatic carbocycles. The molecule has 17 heavy (non-hydrogen) atoms. The lowest BCUT2D eigenvalue weighted by Crippen LogP contribution is -2.63. The number of rotatable bonds is 8. The highest BCUT2D eigenvalue weighted by Gasteiger charge is 2.67. The summed E-state index contributed by atoms with van der Waals surface area (Å²) in [6, 6.07) is 0. The summed E-state index contributed by atoms with van der Waals surface area (Å²) in [4.78, 5) is 10.3. The average Bonchev–Trinajstić information content (AvgIpc) is 2.17. The highest BCUT2D eigenvalue weighted by atomic mass is 19.1. The normalized spacial score (nSPS) is 34.4. The molecule has 3 heteroatoms. The fraction of sp³-hybridized carbons (Fsp3) is 0.786. The fourth-order valence-electron chi connectivity index (χ4n) is 3.14. The Bertz CT molecular complexity index is 302. The molecule has 3 rings (SSSR count). The molecule has 3 fully saturated rings. The van der Waals surface area contributed by atoms with Gasteiger partial charge in [-0.2, -0.15) is 0 Å². The number of halogens is 1. The van der Waals surface area contributed by atoms with Gasteiger partial charge in [-0.25, -0.2) is 4.39 Å². The molecule has 0 saturated heterocycles. The van der Waals surface area contributed by atoms with Gasteiger partial charge in [-0.05, 0) is 43.9 Å². The van der Waals surface area contributed by atoms with Crippen LogP contribution in [0.4, 0.5) is 4.39 Å². The summed E-state index contributed by atoms with van der Waals surface area (Å²) >= 11 is 0. The van der Waals surface area contributed by atoms with E-state index in [2.05, 4.69) is 12.2 Å². The van der Waals surface area contributed by atoms with Crippen LogP contribution in [0.2, 0.25) is 0 Å². The van der Waals surface area contributed by atoms with Gasteiger partial charge in [0, 0.05) is 6.42 Å². The van der Waals surface area contributed by atoms with Crippen molar-refractivity contribution in [3.8, 4) is 0 Å². The van der Waals surface area contributed by atoms with Gasteiger partial charge in [0.2, 0.25) is 0 Å². The third-order valence-electron chi connectivity index (χ3n) is 3.99. The molecule has 2 bridgehead atoms. The molecule has 0 radical (unpaired) electrons. The highest BCUT2D eigenvalue weighted by molar-refractivity contribution is 5.66. The minimum absolute atomic E-state index is 0.234. The molecule has 0 aromatic heterocycles. The average molecular weight is 240 g/mol. The summed E-state index contributed by atoms with van der Waals surface area (Å²) in [5.41, 5.74) is -0.556. The molecule has 0 heterocycles. The van der Waals surface area contributed by atoms with E-state index in [9.17, 15) is 9.18 Å². The van der Waals surface area contributed by atoms with E-state index >= 15 is 0 Å². The molecule has 0 aliphatic heterocycles. The van der Waals surface area contributed by atoms with Gasteiger partial charge in [0.25, 0.3) is 0 Å². The molecule has 96 valence electrons. The number of carboxylic acids is 1. The van der Waals surface area contributed by atoms with Crippen LogP contribution in [0.3, 0.4) is 0 Å². The first-order chi connectivity index (χ1) is 8.04. The number of hydrogen-bond donors (Lipinski definition) is 1. The van der Waals surface area contributed by atoms with Crippen molar-refractivity contribution in [1.82, 2.24) is 0 Å². The Kier molecular flexibility index (Phi) is 3.55. The molecule has 3 saturated carbocycles. The molecule has 3 aliphatic carbocycles. The van der Waals surface area contributed by atoms with Crippen molar-refractivity contribution in [2.75, 3.05) is 0 Å². The Hall–Kier alpha value is -0.860. The van der Waals surface area contributed by atoms with E-state index in [0.717, 1.165) is 51.4 Å². The van der Waals surface area contributed by atoms with Gasteiger partial charge in [-0.1, -0.05) is 25.0 Å². The molecule has 0 amide bonds. The number of carbonyl (C=O) groups is 1. The van der Waals surface area contributed by atoms with Crippen molar-refractivity contribution in [2.24, 2.45) is 5.41 Å². The maximum atomic E-state index is 13.2. The largest absolute Gasteiger partial charge is 0.481 e. The summed E-state index contributed by atoms with van der Waals surface area (Å²) < 4.78 is 13.2. The van der Waals surface area contributed by atoms with Crippen molar-refractivity contribution in [3.63, 3.8) is 0 Å². The molecule has 2 nitrogen and oxygen atoms in total. The SMILES string of the molecule is O=C(O)CCCCCC/C=C/C12CC(F)(C1)C2. The first-order valence-corrected chi connectivity index (χ1v) is 6.62. The van der Waals surface area contributed by atoms with E-state index < -0.39 is 11.6 Å². The van der Waals surface area contributed by atoms with Crippen LogP contribution in [-0.2, 0) is 4.79 Å². The Labute approximate surface area is 102 Å². The summed E-state index contributed by atoms with van der Waals surface area (Å²) in [7, 11) is 0. The van der Waals surface area contributed by atoms with Crippen LogP contribution in [0.15, 0.2) is 12.2 Å². The second kappa shape index (κ2) is 4.79. The van der Waals surface area contributed by atoms with Crippen molar-refractivity contribution in [1.29, 1.82) is 0 Å². The van der Waals surface area contributed by atoms with Gasteiger partial charge in [0.05, 0.1) is 0 Å². The minimum Gasteiger partial charge on any atom is -0.481 e. The smallest absolute Gasteiger partial charge is 0.303 e. The molecule has 3 aliphatic rings. The lowest BCUT2D eigenvalue weighted by Gasteiger charge is -2.64. The maximum absolute atomic E-state index is 13.2. The van der Waals surface area contributed by atoms with E-state index in [1.807, 2.05) is 0 Å². The van der Waals surface area contributed by atoms with E-state index in [4.69, 9.17) is 5.11 Å². The first-order valence-electron chi connectivity index (χ1n) is 6.62. The number of hydrogen-bond acceptors (Lipinski definition) is 1. The molecule has 0 spiro atoms. The standard InChI is InChI=1S/C14H21FO2/c15-14-9-13(10-14,11-14)8-6-4-2-1-3-5-7-12(16)17/h6,8H,1-5,7,9-11H2,(H,16,17)/b8-6+. The van der Waals surface area contributed by atoms with Gasteiger partial charge in [-0.3, -0.25) is 4.79 Å². The molecular formula is C14H21FO2. The van der Waals surface area contributed by atoms with Crippen molar-refractivity contribution >= 4 is 5.97 Å². The van der Waals surface area contributed by atoms with Gasteiger partial charge in [0.1, 0.15) is 5.67 Å². The number of allylic oxidation sites excluding steroid dienone is 2. The fourth-order valence-corrected chi connectivity index (χ4v) is 3.14. The van der Waals surface area contributed by atoms with E-state index in [1.54, 1.807) is 0 Å². The van der Waals surface area contributed by atoms with Crippen LogP contribution < -0.4 is 0 Å². The highest BCUT2D eigenvalue weighted by Crippen LogP contribution is 2.70. The zero-order valence-corrected chi connectivity index (χ0v) is 10.3. The number of alkyl halides is 1. The predicted molar refractivity (Wildman–Crippen MR) is 64.6 cm³/mol. The number of carboxylic acid groups (broad SMARTS) is 1. The molecule has 1 N–H and O–H groups in total. The lowest BCUT2D eigenvalue weighted by molar-refractivity contribution is -0.182. The van der Waals surface area contributed by atoms with Gasteiger partial charge < -0.3 is 5.11 Å². The maximum Gasteiger partial charge on any atom is 0.303 e. The van der Waals surface area contributed by atoms with Crippen molar-refractivity contribution in [3.05, 3.63) is 12.2 Å². The van der Waals surface area contributed by atoms with Crippen LogP contribution in [0.25, 0.3) is 0 Å². The summed E-state index contributed by atoms with van der Waals surface area (Å²) in [6.45, 7) is 0. The zero-order chi connectivity index (χ0) is 12.4. The van der Waals surface area contributed by atoms with Gasteiger partial charge in [0.15, 0.2) is 0 Å². The van der Waals surface area contributed by atoms with Crippen LogP contribution >= 0.6 is 0 Å². The van der Waals surface area contributed by atoms with Crippen LogP contribution in [0.5, 0.6) is 0 Å². The summed E-state index contributed by atoms with van der Waals surface area (Å²) in [5.74, 6) is -0.700. The van der Waals surface area contributed by atoms with Crippen LogP contribution in [0, 0.1) is 5.41 Å². The number of aliphatic carboxylic acids is 1. The lowest BCUT2D eigenvalue weighted by atomic mass is 9.42. The predicted octanol–water partition coefficient (Wildman–Crippen LogP) is 3.86. The summed E-state index contributed by atoms with van der Waals surface area (Å²) in [5, 5.41) is 8.46. The quantitative estimate of drug-likeness (QED) is 0.516. The third-order valence-corrected chi connectivity index (χ3v) is 3.99. The Morgan fingerprint density at radius 2 is 1.82 bits per heavy atom. The Morgan fingerprint density at radius 1 is 1.18 bits per heavy atom. The van der Waals surface area contributed by atoms with E-state index in [0.29, 0.717) is 0 Å². The van der Waals surface area contributed by atoms with Crippen LogP contribution in [-0.4, -0.2) is 16.7 Å². The van der Waals surface area contributed by atoms with Crippen LogP contribution in [0.1, 0.15) is 57.8 Å². The minimum atomic E-state index is -0.791. The third kappa shape index (κ3) is 3.08. The van der Waals surface area contributed by atoms with E-state index in [1.165, 1.54) is 0 Å². The van der Waals surface area contributed by atoms with Crippen molar-refractivity contribution < 1.29 is 14.3 Å². The van der Waals surface area contributed by atoms with Gasteiger partial charge >= 0.3 is 5.97 Å². The van der Waals surface area contributed by atoms with Gasteiger partial charge in [-0.15, -0.1) is 0 Å². The monoisotopic (exact) mass is 240 g/mol. The Balaban J connectivity index is 1.44. The molecule has 0 unspecified atom stereocenters.